The Labute approximate surface area is 108 Å². The molecule has 0 bridgehead atoms. The van der Waals surface area contributed by atoms with Gasteiger partial charge in [0, 0.05) is 6.54 Å². The lowest BCUT2D eigenvalue weighted by molar-refractivity contribution is 0.577. The lowest BCUT2D eigenvalue weighted by Gasteiger charge is -2.08. The highest BCUT2D eigenvalue weighted by Crippen LogP contribution is 2.26. The van der Waals surface area contributed by atoms with Crippen molar-refractivity contribution >= 4 is 5.95 Å². The van der Waals surface area contributed by atoms with Crippen molar-refractivity contribution in [3.8, 4) is 11.3 Å². The zero-order valence-corrected chi connectivity index (χ0v) is 10.3. The minimum absolute atomic E-state index is 0.140. The van der Waals surface area contributed by atoms with Gasteiger partial charge in [-0.15, -0.1) is 0 Å². The maximum Gasteiger partial charge on any atom is 0.223 e. The Kier molecular flexibility index (Phi) is 3.99. The summed E-state index contributed by atoms with van der Waals surface area (Å²) in [5.41, 5.74) is -0.869. The van der Waals surface area contributed by atoms with Gasteiger partial charge in [0.15, 0.2) is 5.82 Å². The smallest absolute Gasteiger partial charge is 0.223 e. The van der Waals surface area contributed by atoms with Crippen LogP contribution in [0.15, 0.2) is 24.4 Å². The first-order valence-corrected chi connectivity index (χ1v) is 5.84. The van der Waals surface area contributed by atoms with Gasteiger partial charge >= 0.3 is 0 Å². The third kappa shape index (κ3) is 2.83. The first-order chi connectivity index (χ1) is 9.13. The topological polar surface area (TPSA) is 37.8 Å². The van der Waals surface area contributed by atoms with E-state index < -0.39 is 23.0 Å². The number of benzene rings is 1. The fraction of sp³-hybridized carbons (Fsp3) is 0.231. The highest BCUT2D eigenvalue weighted by Gasteiger charge is 2.17. The van der Waals surface area contributed by atoms with E-state index in [1.165, 1.54) is 6.07 Å². The monoisotopic (exact) mass is 267 g/mol. The van der Waals surface area contributed by atoms with Gasteiger partial charge in [-0.05, 0) is 18.6 Å². The van der Waals surface area contributed by atoms with Crippen LogP contribution in [-0.2, 0) is 0 Å². The van der Waals surface area contributed by atoms with Crippen LogP contribution < -0.4 is 5.32 Å². The lowest BCUT2D eigenvalue weighted by atomic mass is 10.1. The molecule has 0 aliphatic carbocycles. The number of hydrogen-bond donors (Lipinski definition) is 1. The number of hydrogen-bond acceptors (Lipinski definition) is 3. The molecule has 0 atom stereocenters. The fourth-order valence-corrected chi connectivity index (χ4v) is 1.59. The van der Waals surface area contributed by atoms with Crippen molar-refractivity contribution in [2.45, 2.75) is 13.3 Å². The van der Waals surface area contributed by atoms with Gasteiger partial charge < -0.3 is 5.32 Å². The first kappa shape index (κ1) is 13.3. The van der Waals surface area contributed by atoms with Crippen molar-refractivity contribution in [1.29, 1.82) is 0 Å². The van der Waals surface area contributed by atoms with Crippen LogP contribution in [0.2, 0.25) is 0 Å². The molecule has 3 nitrogen and oxygen atoms in total. The van der Waals surface area contributed by atoms with Gasteiger partial charge in [-0.1, -0.05) is 13.0 Å². The van der Waals surface area contributed by atoms with Crippen molar-refractivity contribution in [3.63, 3.8) is 0 Å². The molecule has 0 saturated heterocycles. The first-order valence-electron chi connectivity index (χ1n) is 5.84. The lowest BCUT2D eigenvalue weighted by Crippen LogP contribution is -2.06. The minimum atomic E-state index is -0.869. The molecular formula is C13H12F3N3. The minimum Gasteiger partial charge on any atom is -0.354 e. The molecule has 0 radical (unpaired) electrons. The number of nitrogens with one attached hydrogen (secondary N) is 1. The van der Waals surface area contributed by atoms with Gasteiger partial charge in [0.05, 0.1) is 11.8 Å². The predicted octanol–water partition coefficient (Wildman–Crippen LogP) is 3.38. The second kappa shape index (κ2) is 5.69. The van der Waals surface area contributed by atoms with E-state index in [2.05, 4.69) is 15.3 Å². The van der Waals surface area contributed by atoms with Crippen molar-refractivity contribution in [2.24, 2.45) is 0 Å². The maximum absolute atomic E-state index is 13.7. The van der Waals surface area contributed by atoms with Crippen LogP contribution in [-0.4, -0.2) is 16.5 Å². The SMILES string of the molecule is CCCNc1ncc(F)c(-c2c(F)cccc2F)n1. The Morgan fingerprint density at radius 1 is 1.11 bits per heavy atom. The van der Waals surface area contributed by atoms with E-state index in [1.54, 1.807) is 0 Å². The Hall–Kier alpha value is -2.11. The predicted molar refractivity (Wildman–Crippen MR) is 66.1 cm³/mol. The average molecular weight is 267 g/mol. The summed E-state index contributed by atoms with van der Waals surface area (Å²) >= 11 is 0. The van der Waals surface area contributed by atoms with E-state index in [-0.39, 0.29) is 11.6 Å². The van der Waals surface area contributed by atoms with Gasteiger partial charge in [0.25, 0.3) is 0 Å². The average Bonchev–Trinajstić information content (AvgIpc) is 2.39. The van der Waals surface area contributed by atoms with Crippen molar-refractivity contribution < 1.29 is 13.2 Å². The standard InChI is InChI=1S/C13H12F3N3/c1-2-6-17-13-18-7-10(16)12(19-13)11-8(14)4-3-5-9(11)15/h3-5,7H,2,6H2,1H3,(H,17,18,19). The van der Waals surface area contributed by atoms with Crippen LogP contribution in [0.4, 0.5) is 19.1 Å². The Morgan fingerprint density at radius 3 is 2.42 bits per heavy atom. The quantitative estimate of drug-likeness (QED) is 0.922. The summed E-state index contributed by atoms with van der Waals surface area (Å²) in [6.45, 7) is 2.53. The zero-order valence-electron chi connectivity index (χ0n) is 10.3. The molecule has 0 amide bonds. The molecule has 1 N–H and O–H groups in total. The van der Waals surface area contributed by atoms with E-state index in [1.807, 2.05) is 6.92 Å². The van der Waals surface area contributed by atoms with Crippen LogP contribution in [0.1, 0.15) is 13.3 Å². The number of anilines is 1. The summed E-state index contributed by atoms with van der Waals surface area (Å²) in [6, 6.07) is 3.32. The zero-order chi connectivity index (χ0) is 13.8. The third-order valence-corrected chi connectivity index (χ3v) is 2.48. The molecule has 0 fully saturated rings. The highest BCUT2D eigenvalue weighted by atomic mass is 19.1. The highest BCUT2D eigenvalue weighted by molar-refractivity contribution is 5.62. The Morgan fingerprint density at radius 2 is 1.79 bits per heavy atom. The van der Waals surface area contributed by atoms with E-state index in [0.717, 1.165) is 24.8 Å². The molecule has 1 aromatic carbocycles. The molecule has 0 spiro atoms. The van der Waals surface area contributed by atoms with Gasteiger partial charge in [-0.3, -0.25) is 0 Å². The largest absolute Gasteiger partial charge is 0.354 e. The molecule has 2 rings (SSSR count). The molecular weight excluding hydrogens is 255 g/mol. The van der Waals surface area contributed by atoms with E-state index in [0.29, 0.717) is 6.54 Å². The van der Waals surface area contributed by atoms with Crippen LogP contribution >= 0.6 is 0 Å². The van der Waals surface area contributed by atoms with Crippen LogP contribution in [0, 0.1) is 17.5 Å². The number of rotatable bonds is 4. The second-order valence-corrected chi connectivity index (χ2v) is 3.91. The second-order valence-electron chi connectivity index (χ2n) is 3.91. The summed E-state index contributed by atoms with van der Waals surface area (Å²) in [5, 5.41) is 2.84. The van der Waals surface area contributed by atoms with Gasteiger partial charge in [0.2, 0.25) is 5.95 Å². The van der Waals surface area contributed by atoms with Crippen molar-refractivity contribution in [1.82, 2.24) is 9.97 Å². The molecule has 0 saturated carbocycles. The molecule has 100 valence electrons. The van der Waals surface area contributed by atoms with Crippen LogP contribution in [0.25, 0.3) is 11.3 Å². The summed E-state index contributed by atoms with van der Waals surface area (Å²) < 4.78 is 40.9. The third-order valence-electron chi connectivity index (χ3n) is 2.48. The molecule has 0 aliphatic rings. The van der Waals surface area contributed by atoms with Crippen molar-refractivity contribution in [3.05, 3.63) is 41.8 Å². The summed E-state index contributed by atoms with van der Waals surface area (Å²) in [4.78, 5) is 7.54. The molecule has 1 aromatic heterocycles. The van der Waals surface area contributed by atoms with Crippen molar-refractivity contribution in [2.75, 3.05) is 11.9 Å². The molecule has 6 heteroatoms. The molecule has 19 heavy (non-hydrogen) atoms. The van der Waals surface area contributed by atoms with E-state index in [9.17, 15) is 13.2 Å². The van der Waals surface area contributed by atoms with Crippen LogP contribution in [0.3, 0.4) is 0 Å². The number of aromatic nitrogens is 2. The number of halogens is 3. The van der Waals surface area contributed by atoms with Gasteiger partial charge in [-0.2, -0.15) is 0 Å². The molecule has 0 unspecified atom stereocenters. The maximum atomic E-state index is 13.7. The molecule has 1 heterocycles. The van der Waals surface area contributed by atoms with Gasteiger partial charge in [0.1, 0.15) is 17.3 Å². The summed E-state index contributed by atoms with van der Waals surface area (Å²) in [7, 11) is 0. The Bertz CT molecular complexity index is 567. The fourth-order valence-electron chi connectivity index (χ4n) is 1.59. The van der Waals surface area contributed by atoms with E-state index in [4.69, 9.17) is 0 Å². The number of nitrogens with zero attached hydrogens (tertiary/aromatic N) is 2. The Balaban J connectivity index is 2.49. The normalized spacial score (nSPS) is 10.5. The summed E-state index contributed by atoms with van der Waals surface area (Å²) in [6.07, 6.45) is 1.72. The van der Waals surface area contributed by atoms with Crippen LogP contribution in [0.5, 0.6) is 0 Å². The summed E-state index contributed by atoms with van der Waals surface area (Å²) in [5.74, 6) is -2.45. The van der Waals surface area contributed by atoms with Gasteiger partial charge in [-0.25, -0.2) is 23.1 Å². The molecule has 2 aromatic rings. The van der Waals surface area contributed by atoms with E-state index >= 15 is 0 Å². The molecule has 0 aliphatic heterocycles.